The highest BCUT2D eigenvalue weighted by Gasteiger charge is 2.04. The average molecular weight is 293 g/mol. The monoisotopic (exact) mass is 292 g/mol. The first-order valence-corrected chi connectivity index (χ1v) is 6.44. The van der Waals surface area contributed by atoms with Gasteiger partial charge >= 0.3 is 0 Å². The minimum Gasteiger partial charge on any atom is -0.489 e. The highest BCUT2D eigenvalue weighted by Crippen LogP contribution is 2.16. The van der Waals surface area contributed by atoms with E-state index in [1.165, 1.54) is 12.1 Å². The fourth-order valence-electron chi connectivity index (χ4n) is 1.60. The maximum absolute atomic E-state index is 13.4. The molecule has 0 saturated carbocycles. The molecule has 0 amide bonds. The number of hydrogen-bond acceptors (Lipinski definition) is 1. The van der Waals surface area contributed by atoms with E-state index in [4.69, 9.17) is 16.3 Å². The van der Waals surface area contributed by atoms with Crippen LogP contribution in [0.3, 0.4) is 0 Å². The second-order valence-electron chi connectivity index (χ2n) is 3.99. The van der Waals surface area contributed by atoms with Gasteiger partial charge in [-0.05, 0) is 30.3 Å². The molecule has 0 atom stereocenters. The van der Waals surface area contributed by atoms with Crippen molar-refractivity contribution in [2.75, 3.05) is 5.88 Å². The normalized spacial score (nSPS) is 9.75. The molecule has 0 aromatic heterocycles. The van der Waals surface area contributed by atoms with Crippen molar-refractivity contribution < 1.29 is 13.5 Å². The molecule has 0 fully saturated rings. The van der Waals surface area contributed by atoms with Crippen LogP contribution in [0.1, 0.15) is 11.1 Å². The van der Waals surface area contributed by atoms with Gasteiger partial charge in [-0.15, -0.1) is 11.6 Å². The van der Waals surface area contributed by atoms with E-state index in [1.54, 1.807) is 18.2 Å². The lowest BCUT2D eigenvalue weighted by molar-refractivity contribution is 0.299. The Balaban J connectivity index is 2.07. The topological polar surface area (TPSA) is 9.23 Å². The highest BCUT2D eigenvalue weighted by molar-refractivity contribution is 6.19. The van der Waals surface area contributed by atoms with E-state index in [0.717, 1.165) is 11.6 Å². The molecule has 20 heavy (non-hydrogen) atoms. The number of rotatable bonds is 3. The van der Waals surface area contributed by atoms with Gasteiger partial charge in [0, 0.05) is 17.2 Å². The summed E-state index contributed by atoms with van der Waals surface area (Å²) < 4.78 is 31.7. The zero-order chi connectivity index (χ0) is 14.4. The van der Waals surface area contributed by atoms with Crippen LogP contribution in [0, 0.1) is 23.5 Å². The van der Waals surface area contributed by atoms with Gasteiger partial charge in [0.05, 0.1) is 5.88 Å². The maximum atomic E-state index is 13.4. The van der Waals surface area contributed by atoms with Crippen LogP contribution in [0.5, 0.6) is 5.75 Å². The largest absolute Gasteiger partial charge is 0.489 e. The summed E-state index contributed by atoms with van der Waals surface area (Å²) in [5.41, 5.74) is 1.06. The number of benzene rings is 2. The lowest BCUT2D eigenvalue weighted by Crippen LogP contribution is -1.99. The molecule has 0 aliphatic heterocycles. The quantitative estimate of drug-likeness (QED) is 0.610. The third-order valence-corrected chi connectivity index (χ3v) is 2.68. The van der Waals surface area contributed by atoms with Crippen LogP contribution in [0.25, 0.3) is 0 Å². The first-order valence-electron chi connectivity index (χ1n) is 5.90. The smallest absolute Gasteiger partial charge is 0.132 e. The van der Waals surface area contributed by atoms with Crippen molar-refractivity contribution in [3.8, 4) is 17.6 Å². The summed E-state index contributed by atoms with van der Waals surface area (Å²) in [5.74, 6) is 5.20. The fourth-order valence-corrected chi connectivity index (χ4v) is 1.67. The van der Waals surface area contributed by atoms with Gasteiger partial charge in [-0.2, -0.15) is 0 Å². The van der Waals surface area contributed by atoms with Crippen LogP contribution in [0.4, 0.5) is 8.78 Å². The molecule has 0 spiro atoms. The van der Waals surface area contributed by atoms with Crippen molar-refractivity contribution in [3.05, 3.63) is 65.2 Å². The molecule has 0 heterocycles. The molecule has 0 radical (unpaired) electrons. The second-order valence-corrected chi connectivity index (χ2v) is 4.25. The fraction of sp³-hybridized carbons (Fsp3) is 0.125. The Kier molecular flexibility index (Phi) is 4.97. The summed E-state index contributed by atoms with van der Waals surface area (Å²) in [6, 6.07) is 10.5. The molecule has 4 heteroatoms. The first-order chi connectivity index (χ1) is 9.69. The van der Waals surface area contributed by atoms with Crippen LogP contribution in [-0.2, 0) is 6.61 Å². The van der Waals surface area contributed by atoms with E-state index >= 15 is 0 Å². The van der Waals surface area contributed by atoms with Gasteiger partial charge in [-0.1, -0.05) is 17.9 Å². The van der Waals surface area contributed by atoms with Crippen LogP contribution in [-0.4, -0.2) is 5.88 Å². The highest BCUT2D eigenvalue weighted by atomic mass is 35.5. The van der Waals surface area contributed by atoms with Crippen LogP contribution >= 0.6 is 11.6 Å². The Bertz CT molecular complexity index is 659. The SMILES string of the molecule is Fc1ccc(COc2cccc(C#CCCl)c2)c(F)c1. The van der Waals surface area contributed by atoms with E-state index < -0.39 is 11.6 Å². The van der Waals surface area contributed by atoms with E-state index in [9.17, 15) is 8.78 Å². The van der Waals surface area contributed by atoms with Crippen molar-refractivity contribution >= 4 is 11.6 Å². The molecule has 0 N–H and O–H groups in total. The van der Waals surface area contributed by atoms with Crippen molar-refractivity contribution in [2.24, 2.45) is 0 Å². The molecule has 0 unspecified atom stereocenters. The van der Waals surface area contributed by atoms with Crippen molar-refractivity contribution in [1.82, 2.24) is 0 Å². The van der Waals surface area contributed by atoms with Gasteiger partial charge in [0.2, 0.25) is 0 Å². The van der Waals surface area contributed by atoms with Gasteiger partial charge < -0.3 is 4.74 Å². The molecule has 1 nitrogen and oxygen atoms in total. The van der Waals surface area contributed by atoms with E-state index in [0.29, 0.717) is 11.3 Å². The molecular weight excluding hydrogens is 282 g/mol. The molecule has 2 aromatic carbocycles. The van der Waals surface area contributed by atoms with E-state index in [1.807, 2.05) is 6.07 Å². The Morgan fingerprint density at radius 1 is 1.10 bits per heavy atom. The van der Waals surface area contributed by atoms with Gasteiger partial charge in [0.15, 0.2) is 0 Å². The number of hydrogen-bond donors (Lipinski definition) is 0. The Hall–Kier alpha value is -2.05. The van der Waals surface area contributed by atoms with Crippen molar-refractivity contribution in [3.63, 3.8) is 0 Å². The molecular formula is C16H11ClF2O. The molecule has 0 bridgehead atoms. The molecule has 0 aliphatic carbocycles. The van der Waals surface area contributed by atoms with E-state index in [-0.39, 0.29) is 12.5 Å². The zero-order valence-corrected chi connectivity index (χ0v) is 11.3. The third kappa shape index (κ3) is 3.97. The van der Waals surface area contributed by atoms with Crippen molar-refractivity contribution in [2.45, 2.75) is 6.61 Å². The number of alkyl halides is 1. The Labute approximate surface area is 121 Å². The second kappa shape index (κ2) is 6.93. The van der Waals surface area contributed by atoms with Gasteiger partial charge in [-0.25, -0.2) is 8.78 Å². The lowest BCUT2D eigenvalue weighted by atomic mass is 10.2. The minimum absolute atomic E-state index is 0.0263. The summed E-state index contributed by atoms with van der Waals surface area (Å²) in [5, 5.41) is 0. The molecule has 2 aromatic rings. The van der Waals surface area contributed by atoms with Crippen molar-refractivity contribution in [1.29, 1.82) is 0 Å². The summed E-state index contributed by atoms with van der Waals surface area (Å²) in [6.07, 6.45) is 0. The molecule has 2 rings (SSSR count). The van der Waals surface area contributed by atoms with E-state index in [2.05, 4.69) is 11.8 Å². The molecule has 102 valence electrons. The molecule has 0 aliphatic rings. The zero-order valence-electron chi connectivity index (χ0n) is 10.5. The summed E-state index contributed by atoms with van der Waals surface area (Å²) in [6.45, 7) is 0.0263. The predicted molar refractivity (Wildman–Crippen MR) is 74.7 cm³/mol. The van der Waals surface area contributed by atoms with Gasteiger partial charge in [0.1, 0.15) is 24.0 Å². The number of halogens is 3. The maximum Gasteiger partial charge on any atom is 0.132 e. The van der Waals surface area contributed by atoms with Gasteiger partial charge in [0.25, 0.3) is 0 Å². The Morgan fingerprint density at radius 3 is 2.70 bits per heavy atom. The third-order valence-electron chi connectivity index (χ3n) is 2.54. The molecule has 0 saturated heterocycles. The lowest BCUT2D eigenvalue weighted by Gasteiger charge is -2.07. The van der Waals surface area contributed by atoms with Gasteiger partial charge in [-0.3, -0.25) is 0 Å². The summed E-state index contributed by atoms with van der Waals surface area (Å²) in [7, 11) is 0. The predicted octanol–water partition coefficient (Wildman–Crippen LogP) is 4.13. The average Bonchev–Trinajstić information content (AvgIpc) is 2.45. The standard InChI is InChI=1S/C16H11ClF2O/c17-8-2-4-12-3-1-5-15(9-12)20-11-13-6-7-14(18)10-16(13)19/h1,3,5-7,9-10H,8,11H2. The summed E-state index contributed by atoms with van der Waals surface area (Å²) in [4.78, 5) is 0. The first kappa shape index (κ1) is 14.4. The number of ether oxygens (including phenoxy) is 1. The van der Waals surface area contributed by atoms with Crippen LogP contribution in [0.2, 0.25) is 0 Å². The van der Waals surface area contributed by atoms with Crippen LogP contribution < -0.4 is 4.74 Å². The summed E-state index contributed by atoms with van der Waals surface area (Å²) >= 11 is 5.49. The minimum atomic E-state index is -0.622. The van der Waals surface area contributed by atoms with Crippen LogP contribution in [0.15, 0.2) is 42.5 Å². The Morgan fingerprint density at radius 2 is 1.95 bits per heavy atom.